The molecule has 0 saturated heterocycles. The quantitative estimate of drug-likeness (QED) is 0.287. The summed E-state index contributed by atoms with van der Waals surface area (Å²) in [5, 5.41) is 13.5. The number of halogens is 3. The molecule has 0 aliphatic carbocycles. The smallest absolute Gasteiger partial charge is 0.416 e. The number of carbonyl (C=O) groups is 1. The van der Waals surface area contributed by atoms with Crippen molar-refractivity contribution in [2.75, 3.05) is 13.2 Å². The normalized spacial score (nSPS) is 13.5. The van der Waals surface area contributed by atoms with Crippen molar-refractivity contribution in [3.8, 4) is 11.1 Å². The summed E-state index contributed by atoms with van der Waals surface area (Å²) in [5.74, 6) is -0.478. The molecule has 2 aromatic heterocycles. The molecular weight excluding hydrogens is 459 g/mol. The third kappa shape index (κ3) is 5.05. The average Bonchev–Trinajstić information content (AvgIpc) is 3.28. The van der Waals surface area contributed by atoms with Gasteiger partial charge in [0, 0.05) is 24.8 Å². The first kappa shape index (κ1) is 24.4. The molecule has 2 heterocycles. The molecular formula is C26H24F3N3O3. The number of alkyl halides is 3. The number of benzene rings is 2. The number of aliphatic hydroxyl groups excluding tert-OH is 1. The summed E-state index contributed by atoms with van der Waals surface area (Å²) in [5.41, 5.74) is 1.01. The predicted octanol–water partition coefficient (Wildman–Crippen LogP) is 4.84. The lowest BCUT2D eigenvalue weighted by Crippen LogP contribution is -2.39. The van der Waals surface area contributed by atoms with Crippen LogP contribution >= 0.6 is 0 Å². The van der Waals surface area contributed by atoms with Gasteiger partial charge in [-0.2, -0.15) is 18.3 Å². The highest BCUT2D eigenvalue weighted by Gasteiger charge is 2.40. The van der Waals surface area contributed by atoms with Gasteiger partial charge in [-0.3, -0.25) is 4.79 Å². The molecule has 1 N–H and O–H groups in total. The maximum absolute atomic E-state index is 13.3. The van der Waals surface area contributed by atoms with Crippen molar-refractivity contribution in [3.63, 3.8) is 0 Å². The highest BCUT2D eigenvalue weighted by Crippen LogP contribution is 2.34. The first-order valence-electron chi connectivity index (χ1n) is 11.1. The van der Waals surface area contributed by atoms with Crippen LogP contribution in [0.2, 0.25) is 0 Å². The first-order valence-corrected chi connectivity index (χ1v) is 11.1. The molecule has 0 aliphatic rings. The molecule has 0 aliphatic heterocycles. The number of nitrogens with zero attached hydrogens (tertiary/aromatic N) is 3. The zero-order chi connectivity index (χ0) is 25.1. The summed E-state index contributed by atoms with van der Waals surface area (Å²) in [6.07, 6.45) is -0.724. The van der Waals surface area contributed by atoms with Gasteiger partial charge in [0.1, 0.15) is 5.41 Å². The van der Waals surface area contributed by atoms with Crippen LogP contribution in [0.15, 0.2) is 73.1 Å². The maximum Gasteiger partial charge on any atom is 0.416 e. The Morgan fingerprint density at radius 2 is 1.77 bits per heavy atom. The van der Waals surface area contributed by atoms with E-state index in [9.17, 15) is 18.0 Å². The van der Waals surface area contributed by atoms with E-state index in [0.717, 1.165) is 17.7 Å². The molecule has 4 rings (SSSR count). The van der Waals surface area contributed by atoms with Gasteiger partial charge in [0.2, 0.25) is 0 Å². The largest absolute Gasteiger partial charge is 0.465 e. The van der Waals surface area contributed by atoms with Crippen LogP contribution in [0.1, 0.15) is 30.2 Å². The molecule has 9 heteroatoms. The summed E-state index contributed by atoms with van der Waals surface area (Å²) in [6.45, 7) is 1.73. The molecule has 2 aromatic carbocycles. The highest BCUT2D eigenvalue weighted by molar-refractivity contribution is 5.84. The van der Waals surface area contributed by atoms with Crippen molar-refractivity contribution in [2.24, 2.45) is 0 Å². The summed E-state index contributed by atoms with van der Waals surface area (Å²) < 4.78 is 46.0. The van der Waals surface area contributed by atoms with Crippen molar-refractivity contribution < 1.29 is 27.8 Å². The molecule has 0 spiro atoms. The average molecular weight is 483 g/mol. The van der Waals surface area contributed by atoms with Crippen molar-refractivity contribution in [1.29, 1.82) is 0 Å². The Morgan fingerprint density at radius 1 is 1.06 bits per heavy atom. The number of aliphatic hydroxyl groups is 1. The number of hydrogen-bond acceptors (Lipinski definition) is 5. The minimum atomic E-state index is -4.43. The zero-order valence-corrected chi connectivity index (χ0v) is 19.0. The van der Waals surface area contributed by atoms with E-state index in [4.69, 9.17) is 9.84 Å². The fraction of sp³-hybridized carbons (Fsp3) is 0.269. The lowest BCUT2D eigenvalue weighted by Gasteiger charge is -2.28. The standard InChI is InChI=1S/C26H24F3N3O3/c1-25(24(34)35-15-5-14-33,16-18-6-3-2-4-7-18)22-12-13-30-23-21(17-31-32(22)23)19-8-10-20(11-9-19)26(27,28)29/h2-4,6-13,17,33H,5,14-16H2,1H3. The van der Waals surface area contributed by atoms with E-state index in [1.54, 1.807) is 19.2 Å². The second-order valence-corrected chi connectivity index (χ2v) is 8.41. The van der Waals surface area contributed by atoms with E-state index < -0.39 is 23.1 Å². The molecule has 0 fully saturated rings. The van der Waals surface area contributed by atoms with E-state index in [-0.39, 0.29) is 13.2 Å². The van der Waals surface area contributed by atoms with E-state index in [1.165, 1.54) is 22.8 Å². The maximum atomic E-state index is 13.3. The molecule has 6 nitrogen and oxygen atoms in total. The molecule has 35 heavy (non-hydrogen) atoms. The Kier molecular flexibility index (Phi) is 6.88. The van der Waals surface area contributed by atoms with Crippen molar-refractivity contribution in [3.05, 3.63) is 89.9 Å². The van der Waals surface area contributed by atoms with Gasteiger partial charge in [0.15, 0.2) is 5.65 Å². The van der Waals surface area contributed by atoms with Gasteiger partial charge in [-0.1, -0.05) is 42.5 Å². The summed E-state index contributed by atoms with van der Waals surface area (Å²) in [4.78, 5) is 17.7. The Morgan fingerprint density at radius 3 is 2.43 bits per heavy atom. The van der Waals surface area contributed by atoms with E-state index in [2.05, 4.69) is 10.1 Å². The molecule has 0 radical (unpaired) electrons. The fourth-order valence-electron chi connectivity index (χ4n) is 4.01. The number of aromatic nitrogens is 3. The van der Waals surface area contributed by atoms with Gasteiger partial charge in [0.25, 0.3) is 0 Å². The number of carbonyl (C=O) groups excluding carboxylic acids is 1. The second-order valence-electron chi connectivity index (χ2n) is 8.41. The Bertz CT molecular complexity index is 1300. The highest BCUT2D eigenvalue weighted by atomic mass is 19.4. The molecule has 182 valence electrons. The van der Waals surface area contributed by atoms with Crippen LogP contribution in [0.3, 0.4) is 0 Å². The zero-order valence-electron chi connectivity index (χ0n) is 19.0. The van der Waals surface area contributed by atoms with Crippen molar-refractivity contribution in [1.82, 2.24) is 14.6 Å². The van der Waals surface area contributed by atoms with Crippen LogP contribution in [0.25, 0.3) is 16.8 Å². The SMILES string of the molecule is CC(Cc1ccccc1)(C(=O)OCCCO)c1ccnc2c(-c3ccc(C(F)(F)F)cc3)cnn12. The Balaban J connectivity index is 1.78. The van der Waals surface area contributed by atoms with Gasteiger partial charge < -0.3 is 9.84 Å². The molecule has 4 aromatic rings. The summed E-state index contributed by atoms with van der Waals surface area (Å²) in [6, 6.07) is 15.9. The van der Waals surface area contributed by atoms with Crippen LogP contribution in [-0.4, -0.2) is 38.9 Å². The summed E-state index contributed by atoms with van der Waals surface area (Å²) >= 11 is 0. The third-order valence-electron chi connectivity index (χ3n) is 5.88. The van der Waals surface area contributed by atoms with Crippen molar-refractivity contribution in [2.45, 2.75) is 31.4 Å². The number of hydrogen-bond donors (Lipinski definition) is 1. The van der Waals surface area contributed by atoms with Crippen LogP contribution in [0.4, 0.5) is 13.2 Å². The minimum absolute atomic E-state index is 0.0733. The van der Waals surface area contributed by atoms with E-state index in [0.29, 0.717) is 35.3 Å². The van der Waals surface area contributed by atoms with Gasteiger partial charge in [0.05, 0.1) is 24.1 Å². The Labute approximate surface area is 200 Å². The molecule has 0 bridgehead atoms. The second kappa shape index (κ2) is 9.87. The minimum Gasteiger partial charge on any atom is -0.465 e. The number of fused-ring (bicyclic) bond motifs is 1. The topological polar surface area (TPSA) is 76.7 Å². The Hall–Kier alpha value is -3.72. The van der Waals surface area contributed by atoms with Crippen molar-refractivity contribution >= 4 is 11.6 Å². The van der Waals surface area contributed by atoms with Crippen LogP contribution in [-0.2, 0) is 27.5 Å². The lowest BCUT2D eigenvalue weighted by molar-refractivity contribution is -0.150. The van der Waals surface area contributed by atoms with Crippen LogP contribution in [0.5, 0.6) is 0 Å². The number of esters is 1. The van der Waals surface area contributed by atoms with Gasteiger partial charge in [-0.05, 0) is 42.7 Å². The van der Waals surface area contributed by atoms with Crippen LogP contribution < -0.4 is 0 Å². The first-order chi connectivity index (χ1) is 16.7. The van der Waals surface area contributed by atoms with E-state index in [1.807, 2.05) is 30.3 Å². The number of rotatable bonds is 8. The van der Waals surface area contributed by atoms with Gasteiger partial charge in [-0.25, -0.2) is 9.50 Å². The van der Waals surface area contributed by atoms with Crippen LogP contribution in [0, 0.1) is 0 Å². The number of ether oxygens (including phenoxy) is 1. The lowest BCUT2D eigenvalue weighted by atomic mass is 9.80. The molecule has 0 amide bonds. The predicted molar refractivity (Wildman–Crippen MR) is 124 cm³/mol. The molecule has 0 saturated carbocycles. The van der Waals surface area contributed by atoms with E-state index >= 15 is 0 Å². The third-order valence-corrected chi connectivity index (χ3v) is 5.88. The molecule has 1 unspecified atom stereocenters. The van der Waals surface area contributed by atoms with Gasteiger partial charge in [-0.15, -0.1) is 0 Å². The molecule has 1 atom stereocenters. The van der Waals surface area contributed by atoms with Gasteiger partial charge >= 0.3 is 12.1 Å². The summed E-state index contributed by atoms with van der Waals surface area (Å²) in [7, 11) is 0. The monoisotopic (exact) mass is 483 g/mol. The fourth-order valence-corrected chi connectivity index (χ4v) is 4.01.